The second-order valence-electron chi connectivity index (χ2n) is 35.2. The van der Waals surface area contributed by atoms with Gasteiger partial charge < -0.3 is 8.83 Å². The van der Waals surface area contributed by atoms with Crippen LogP contribution in [0.2, 0.25) is 0 Å². The molecule has 2 aliphatic rings. The van der Waals surface area contributed by atoms with Gasteiger partial charge in [0.25, 0.3) is 0 Å². The van der Waals surface area contributed by atoms with Crippen molar-refractivity contribution in [3.8, 4) is 111 Å². The Morgan fingerprint density at radius 2 is 0.419 bits per heavy atom. The van der Waals surface area contributed by atoms with Crippen LogP contribution in [0, 0.1) is 0 Å². The molecule has 0 atom stereocenters. The van der Waals surface area contributed by atoms with E-state index in [0.717, 1.165) is 43.9 Å². The standard InChI is InChI=1S/2C61H40O/c1-61(2)55-29-26-42(33-51(55)52-32-40-13-3-4-14-41(40)36-56(52)61)43-27-30-57-53(34-43)54-35-44(28-31-58(54)62-57)60-49-19-9-7-17-47(49)59(48-18-8-10-20-50(48)60)39-24-22-38(23-25-39)46-21-11-15-37-12-5-6-16-45(37)46;1-61(2)55-27-24-43(33-51(55)52-32-40-14-5-6-15-41(40)36-56(52)61)44-25-28-57-53(34-44)54-35-46(26-29-58(54)62-57)60-49-20-9-7-18-47(49)59(48-19-8-10-21-50(48)60)45-17-11-16-39(31-45)42-23-22-37-12-3-4-13-38(37)30-42/h2*3-36H,1-2H3. The third kappa shape index (κ3) is 11.2. The van der Waals surface area contributed by atoms with Crippen LogP contribution in [0.3, 0.4) is 0 Å². The molecule has 2 heterocycles. The van der Waals surface area contributed by atoms with Crippen molar-refractivity contribution in [3.05, 3.63) is 435 Å². The summed E-state index contributed by atoms with van der Waals surface area (Å²) in [5.41, 5.74) is 33.9. The van der Waals surface area contributed by atoms with Crippen LogP contribution in [-0.2, 0) is 10.8 Å². The topological polar surface area (TPSA) is 26.3 Å². The molecule has 124 heavy (non-hydrogen) atoms. The minimum Gasteiger partial charge on any atom is -0.456 e. The maximum Gasteiger partial charge on any atom is 0.135 e. The van der Waals surface area contributed by atoms with Gasteiger partial charge in [0.15, 0.2) is 0 Å². The van der Waals surface area contributed by atoms with E-state index in [-0.39, 0.29) is 10.8 Å². The number of hydrogen-bond acceptors (Lipinski definition) is 2. The van der Waals surface area contributed by atoms with E-state index in [4.69, 9.17) is 8.83 Å². The van der Waals surface area contributed by atoms with E-state index in [9.17, 15) is 0 Å². The van der Waals surface area contributed by atoms with Crippen LogP contribution in [0.25, 0.3) is 241 Å². The summed E-state index contributed by atoms with van der Waals surface area (Å²) in [6.07, 6.45) is 0. The zero-order valence-electron chi connectivity index (χ0n) is 69.1. The molecule has 0 N–H and O–H groups in total. The van der Waals surface area contributed by atoms with Gasteiger partial charge in [0.2, 0.25) is 0 Å². The van der Waals surface area contributed by atoms with Crippen LogP contribution in [0.5, 0.6) is 0 Å². The number of rotatable bonds is 8. The first kappa shape index (κ1) is 71.4. The first-order chi connectivity index (χ1) is 60.9. The lowest BCUT2D eigenvalue weighted by Crippen LogP contribution is -2.14. The van der Waals surface area contributed by atoms with Crippen LogP contribution in [0.4, 0.5) is 0 Å². The second-order valence-corrected chi connectivity index (χ2v) is 35.2. The highest BCUT2D eigenvalue weighted by Gasteiger charge is 2.38. The third-order valence-corrected chi connectivity index (χ3v) is 27.6. The van der Waals surface area contributed by atoms with Gasteiger partial charge >= 0.3 is 0 Å². The van der Waals surface area contributed by atoms with Gasteiger partial charge in [-0.15, -0.1) is 0 Å². The Morgan fingerprint density at radius 3 is 0.863 bits per heavy atom. The highest BCUT2D eigenvalue weighted by molar-refractivity contribution is 6.25. The van der Waals surface area contributed by atoms with Crippen molar-refractivity contribution in [2.75, 3.05) is 0 Å². The van der Waals surface area contributed by atoms with E-state index >= 15 is 0 Å². The summed E-state index contributed by atoms with van der Waals surface area (Å²) in [6.45, 7) is 9.44. The normalized spacial score (nSPS) is 13.1. The summed E-state index contributed by atoms with van der Waals surface area (Å²) in [4.78, 5) is 0. The first-order valence-electron chi connectivity index (χ1n) is 43.3. The van der Waals surface area contributed by atoms with E-state index in [2.05, 4.69) is 440 Å². The maximum atomic E-state index is 6.55. The van der Waals surface area contributed by atoms with Crippen LogP contribution >= 0.6 is 0 Å². The molecule has 24 aromatic rings. The lowest BCUT2D eigenvalue weighted by molar-refractivity contribution is 0.661. The molecule has 2 heteroatoms. The Kier molecular flexibility index (Phi) is 15.9. The molecule has 0 bridgehead atoms. The van der Waals surface area contributed by atoms with Gasteiger partial charge in [-0.05, 0) is 317 Å². The fourth-order valence-electron chi connectivity index (χ4n) is 21.5. The highest BCUT2D eigenvalue weighted by Crippen LogP contribution is 2.55. The summed E-state index contributed by atoms with van der Waals surface area (Å²) in [5, 5.41) is 24.6. The van der Waals surface area contributed by atoms with E-state index in [0.29, 0.717) is 0 Å². The van der Waals surface area contributed by atoms with Crippen molar-refractivity contribution < 1.29 is 8.83 Å². The molecular formula is C122H80O2. The molecule has 0 aliphatic heterocycles. The van der Waals surface area contributed by atoms with Gasteiger partial charge in [0, 0.05) is 32.4 Å². The van der Waals surface area contributed by atoms with Gasteiger partial charge in [-0.25, -0.2) is 0 Å². The number of hydrogen-bond donors (Lipinski definition) is 0. The van der Waals surface area contributed by atoms with E-state index in [1.807, 2.05) is 0 Å². The molecule has 2 nitrogen and oxygen atoms in total. The van der Waals surface area contributed by atoms with Crippen molar-refractivity contribution in [2.24, 2.45) is 0 Å². The molecule has 22 aromatic carbocycles. The largest absolute Gasteiger partial charge is 0.456 e. The molecule has 0 radical (unpaired) electrons. The van der Waals surface area contributed by atoms with E-state index in [1.54, 1.807) is 0 Å². The SMILES string of the molecule is CC1(C)c2ccc(-c3ccc4oc5ccc(-c6c7ccccc7c(-c7ccc(-c8cccc9ccccc89)cc7)c7ccccc67)cc5c4c3)cc2-c2cc3ccccc3cc21.CC1(C)c2ccc(-c3ccc4oc5ccc(-c6c7ccccc7c(-c7cccc(-c8ccc9ccccc9c8)c7)c7ccccc67)cc5c4c3)cc2-c2cc3ccccc3cc21. The molecule has 0 amide bonds. The molecule has 2 aromatic heterocycles. The van der Waals surface area contributed by atoms with Crippen molar-refractivity contribution in [1.29, 1.82) is 0 Å². The lowest BCUT2D eigenvalue weighted by Gasteiger charge is -2.22. The van der Waals surface area contributed by atoms with Gasteiger partial charge in [0.1, 0.15) is 22.3 Å². The van der Waals surface area contributed by atoms with Gasteiger partial charge in [-0.3, -0.25) is 0 Å². The first-order valence-corrected chi connectivity index (χ1v) is 43.3. The Bertz CT molecular complexity index is 8560. The fraction of sp³-hybridized carbons (Fsp3) is 0.0492. The predicted molar refractivity (Wildman–Crippen MR) is 526 cm³/mol. The van der Waals surface area contributed by atoms with Crippen molar-refractivity contribution in [1.82, 2.24) is 0 Å². The van der Waals surface area contributed by atoms with Crippen LogP contribution in [0.15, 0.2) is 421 Å². The Morgan fingerprint density at radius 1 is 0.145 bits per heavy atom. The molecule has 0 saturated heterocycles. The smallest absolute Gasteiger partial charge is 0.135 e. The maximum absolute atomic E-state index is 6.55. The Hall–Kier alpha value is -15.5. The van der Waals surface area contributed by atoms with Gasteiger partial charge in [-0.1, -0.05) is 343 Å². The number of fused-ring (bicyclic) bond motifs is 20. The van der Waals surface area contributed by atoms with Crippen molar-refractivity contribution in [2.45, 2.75) is 38.5 Å². The molecule has 580 valence electrons. The Balaban J connectivity index is 0.000000136. The highest BCUT2D eigenvalue weighted by atomic mass is 16.3. The monoisotopic (exact) mass is 1580 g/mol. The average Bonchev–Trinajstić information content (AvgIpc) is 1.11. The fourth-order valence-corrected chi connectivity index (χ4v) is 21.5. The van der Waals surface area contributed by atoms with Gasteiger partial charge in [0.05, 0.1) is 0 Å². The van der Waals surface area contributed by atoms with Crippen LogP contribution < -0.4 is 0 Å². The van der Waals surface area contributed by atoms with Gasteiger partial charge in [-0.2, -0.15) is 0 Å². The molecule has 0 fully saturated rings. The second kappa shape index (κ2) is 27.5. The molecule has 26 rings (SSSR count). The molecule has 2 aliphatic carbocycles. The Labute approximate surface area is 718 Å². The zero-order valence-corrected chi connectivity index (χ0v) is 69.1. The third-order valence-electron chi connectivity index (χ3n) is 27.6. The minimum absolute atomic E-state index is 0.0659. The van der Waals surface area contributed by atoms with E-state index in [1.165, 1.54) is 220 Å². The molecule has 0 saturated carbocycles. The van der Waals surface area contributed by atoms with E-state index < -0.39 is 0 Å². The molecule has 0 unspecified atom stereocenters. The van der Waals surface area contributed by atoms with Crippen molar-refractivity contribution in [3.63, 3.8) is 0 Å². The van der Waals surface area contributed by atoms with Crippen molar-refractivity contribution >= 4 is 130 Å². The molecule has 0 spiro atoms. The molecular weight excluding hydrogens is 1500 g/mol. The average molecular weight is 1580 g/mol. The van der Waals surface area contributed by atoms with Crippen LogP contribution in [0.1, 0.15) is 49.9 Å². The summed E-state index contributed by atoms with van der Waals surface area (Å²) in [6, 6.07) is 153. The summed E-state index contributed by atoms with van der Waals surface area (Å²) in [5.74, 6) is 0. The quantitative estimate of drug-likeness (QED) is 0.142. The minimum atomic E-state index is -0.0667. The zero-order chi connectivity index (χ0) is 82.2. The number of furan rings is 2. The van der Waals surface area contributed by atoms with Crippen LogP contribution in [-0.4, -0.2) is 0 Å². The summed E-state index contributed by atoms with van der Waals surface area (Å²) >= 11 is 0. The predicted octanol–water partition coefficient (Wildman–Crippen LogP) is 34.3. The number of benzene rings is 22. The lowest BCUT2D eigenvalue weighted by atomic mass is 9.81. The summed E-state index contributed by atoms with van der Waals surface area (Å²) < 4.78 is 13.1. The summed E-state index contributed by atoms with van der Waals surface area (Å²) in [7, 11) is 0.